The Hall–Kier alpha value is -1.89. The molecule has 2 heterocycles. The van der Waals surface area contributed by atoms with Gasteiger partial charge in [-0.3, -0.25) is 9.59 Å². The summed E-state index contributed by atoms with van der Waals surface area (Å²) in [6.07, 6.45) is 0.994. The molecule has 0 bridgehead atoms. The SMILES string of the molecule is CN(C)C1CCN(C(=O)c2ccc(NC(=O)c3sccc3Cl)cc2)C1. The molecule has 0 spiro atoms. The molecule has 25 heavy (non-hydrogen) atoms. The van der Waals surface area contributed by atoms with E-state index in [4.69, 9.17) is 11.6 Å². The monoisotopic (exact) mass is 377 g/mol. The highest BCUT2D eigenvalue weighted by Gasteiger charge is 2.28. The molecule has 0 radical (unpaired) electrons. The number of anilines is 1. The molecule has 3 rings (SSSR count). The Balaban J connectivity index is 1.63. The van der Waals surface area contributed by atoms with Gasteiger partial charge in [-0.1, -0.05) is 11.6 Å². The summed E-state index contributed by atoms with van der Waals surface area (Å²) in [5, 5.41) is 5.02. The summed E-state index contributed by atoms with van der Waals surface area (Å²) in [7, 11) is 4.08. The maximum atomic E-state index is 12.6. The van der Waals surface area contributed by atoms with Gasteiger partial charge in [-0.15, -0.1) is 11.3 Å². The number of carbonyl (C=O) groups is 2. The van der Waals surface area contributed by atoms with Crippen LogP contribution in [-0.2, 0) is 0 Å². The van der Waals surface area contributed by atoms with E-state index in [1.54, 1.807) is 35.7 Å². The first-order valence-corrected chi connectivity index (χ1v) is 9.31. The molecule has 1 unspecified atom stereocenters. The zero-order chi connectivity index (χ0) is 18.0. The van der Waals surface area contributed by atoms with Crippen molar-refractivity contribution < 1.29 is 9.59 Å². The van der Waals surface area contributed by atoms with Gasteiger partial charge in [0.2, 0.25) is 0 Å². The van der Waals surface area contributed by atoms with Crippen LogP contribution in [0.4, 0.5) is 5.69 Å². The maximum absolute atomic E-state index is 12.6. The minimum absolute atomic E-state index is 0.0310. The number of thiophene rings is 1. The number of nitrogens with zero attached hydrogens (tertiary/aromatic N) is 2. The van der Waals surface area contributed by atoms with Gasteiger partial charge in [-0.05, 0) is 56.2 Å². The first-order chi connectivity index (χ1) is 12.0. The average molecular weight is 378 g/mol. The van der Waals surface area contributed by atoms with Crippen LogP contribution in [0, 0.1) is 0 Å². The fourth-order valence-electron chi connectivity index (χ4n) is 2.87. The number of carbonyl (C=O) groups excluding carboxylic acids is 2. The maximum Gasteiger partial charge on any atom is 0.267 e. The van der Waals surface area contributed by atoms with Crippen molar-refractivity contribution in [2.45, 2.75) is 12.5 Å². The largest absolute Gasteiger partial charge is 0.337 e. The summed E-state index contributed by atoms with van der Waals surface area (Å²) in [5.74, 6) is -0.212. The average Bonchev–Trinajstić information content (AvgIpc) is 3.24. The van der Waals surface area contributed by atoms with E-state index >= 15 is 0 Å². The lowest BCUT2D eigenvalue weighted by atomic mass is 10.2. The lowest BCUT2D eigenvalue weighted by Gasteiger charge is -2.20. The van der Waals surface area contributed by atoms with Crippen molar-refractivity contribution in [2.24, 2.45) is 0 Å². The van der Waals surface area contributed by atoms with Gasteiger partial charge in [0.15, 0.2) is 0 Å². The summed E-state index contributed by atoms with van der Waals surface area (Å²) in [4.78, 5) is 29.3. The number of nitrogens with one attached hydrogen (secondary N) is 1. The lowest BCUT2D eigenvalue weighted by molar-refractivity contribution is 0.0783. The van der Waals surface area contributed by atoms with Crippen molar-refractivity contribution in [3.8, 4) is 0 Å². The first-order valence-electron chi connectivity index (χ1n) is 8.06. The van der Waals surface area contributed by atoms with Gasteiger partial charge in [-0.2, -0.15) is 0 Å². The molecule has 0 aliphatic carbocycles. The van der Waals surface area contributed by atoms with Crippen LogP contribution >= 0.6 is 22.9 Å². The molecular formula is C18H20ClN3O2S. The van der Waals surface area contributed by atoms with Crippen LogP contribution in [0.15, 0.2) is 35.7 Å². The smallest absolute Gasteiger partial charge is 0.267 e. The number of likely N-dealkylation sites (tertiary alicyclic amines) is 1. The van der Waals surface area contributed by atoms with E-state index in [-0.39, 0.29) is 11.8 Å². The zero-order valence-corrected chi connectivity index (χ0v) is 15.7. The standard InChI is InChI=1S/C18H20ClN3O2S/c1-21(2)14-7-9-22(11-14)18(24)12-3-5-13(6-4-12)20-17(23)16-15(19)8-10-25-16/h3-6,8,10,14H,7,9,11H2,1-2H3,(H,20,23). The van der Waals surface area contributed by atoms with Crippen molar-refractivity contribution in [2.75, 3.05) is 32.5 Å². The van der Waals surface area contributed by atoms with Crippen LogP contribution in [0.2, 0.25) is 5.02 Å². The molecule has 1 aliphatic heterocycles. The summed E-state index contributed by atoms with van der Waals surface area (Å²) >= 11 is 7.27. The Morgan fingerprint density at radius 1 is 1.24 bits per heavy atom. The lowest BCUT2D eigenvalue weighted by Crippen LogP contribution is -2.34. The number of hydrogen-bond acceptors (Lipinski definition) is 4. The summed E-state index contributed by atoms with van der Waals surface area (Å²) < 4.78 is 0. The van der Waals surface area contributed by atoms with Crippen molar-refractivity contribution in [1.82, 2.24) is 9.80 Å². The molecule has 132 valence electrons. The number of benzene rings is 1. The minimum Gasteiger partial charge on any atom is -0.337 e. The molecule has 2 amide bonds. The van der Waals surface area contributed by atoms with Gasteiger partial charge >= 0.3 is 0 Å². The van der Waals surface area contributed by atoms with Crippen molar-refractivity contribution in [3.05, 3.63) is 51.2 Å². The molecule has 1 aromatic heterocycles. The van der Waals surface area contributed by atoms with E-state index in [1.807, 2.05) is 19.0 Å². The predicted octanol–water partition coefficient (Wildman–Crippen LogP) is 3.43. The number of hydrogen-bond donors (Lipinski definition) is 1. The molecule has 1 fully saturated rings. The molecule has 1 saturated heterocycles. The van der Waals surface area contributed by atoms with Crippen LogP contribution < -0.4 is 5.32 Å². The molecule has 7 heteroatoms. The Morgan fingerprint density at radius 2 is 1.96 bits per heavy atom. The second-order valence-electron chi connectivity index (χ2n) is 6.29. The van der Waals surface area contributed by atoms with Gasteiger partial charge in [0.1, 0.15) is 4.88 Å². The predicted molar refractivity (Wildman–Crippen MR) is 102 cm³/mol. The topological polar surface area (TPSA) is 52.6 Å². The third-order valence-corrected chi connectivity index (χ3v) is 5.73. The van der Waals surface area contributed by atoms with Crippen molar-refractivity contribution in [3.63, 3.8) is 0 Å². The second kappa shape index (κ2) is 7.56. The van der Waals surface area contributed by atoms with E-state index in [2.05, 4.69) is 10.2 Å². The van der Waals surface area contributed by atoms with Crippen LogP contribution in [-0.4, -0.2) is 54.8 Å². The Morgan fingerprint density at radius 3 is 2.52 bits per heavy atom. The third kappa shape index (κ3) is 4.03. The Kier molecular flexibility index (Phi) is 5.42. The Bertz CT molecular complexity index is 773. The van der Waals surface area contributed by atoms with Gasteiger partial charge in [-0.25, -0.2) is 0 Å². The molecule has 1 N–H and O–H groups in total. The van der Waals surface area contributed by atoms with E-state index in [9.17, 15) is 9.59 Å². The van der Waals surface area contributed by atoms with Gasteiger partial charge in [0, 0.05) is 30.4 Å². The van der Waals surface area contributed by atoms with Crippen LogP contribution in [0.3, 0.4) is 0 Å². The highest BCUT2D eigenvalue weighted by atomic mass is 35.5. The number of halogens is 1. The van der Waals surface area contributed by atoms with E-state index in [1.165, 1.54) is 11.3 Å². The molecule has 5 nitrogen and oxygen atoms in total. The van der Waals surface area contributed by atoms with Crippen molar-refractivity contribution >= 4 is 40.4 Å². The van der Waals surface area contributed by atoms with Crippen LogP contribution in [0.25, 0.3) is 0 Å². The molecule has 1 aliphatic rings. The molecule has 2 aromatic rings. The Labute approximate surface area is 156 Å². The summed E-state index contributed by atoms with van der Waals surface area (Å²) in [6, 6.07) is 9.09. The third-order valence-electron chi connectivity index (χ3n) is 4.39. The number of rotatable bonds is 4. The fraction of sp³-hybridized carbons (Fsp3) is 0.333. The highest BCUT2D eigenvalue weighted by molar-refractivity contribution is 7.12. The van der Waals surface area contributed by atoms with Gasteiger partial charge in [0.25, 0.3) is 11.8 Å². The second-order valence-corrected chi connectivity index (χ2v) is 7.61. The van der Waals surface area contributed by atoms with Crippen LogP contribution in [0.1, 0.15) is 26.5 Å². The molecule has 0 saturated carbocycles. The molecule has 1 aromatic carbocycles. The van der Waals surface area contributed by atoms with Gasteiger partial charge in [0.05, 0.1) is 5.02 Å². The van der Waals surface area contributed by atoms with Crippen LogP contribution in [0.5, 0.6) is 0 Å². The quantitative estimate of drug-likeness (QED) is 0.888. The zero-order valence-electron chi connectivity index (χ0n) is 14.2. The minimum atomic E-state index is -0.243. The van der Waals surface area contributed by atoms with E-state index < -0.39 is 0 Å². The summed E-state index contributed by atoms with van der Waals surface area (Å²) in [6.45, 7) is 1.53. The normalized spacial score (nSPS) is 17.1. The van der Waals surface area contributed by atoms with Crippen molar-refractivity contribution in [1.29, 1.82) is 0 Å². The number of amides is 2. The number of likely N-dealkylation sites (N-methyl/N-ethyl adjacent to an activating group) is 1. The highest BCUT2D eigenvalue weighted by Crippen LogP contribution is 2.23. The fourth-order valence-corrected chi connectivity index (χ4v) is 3.91. The first kappa shape index (κ1) is 17.9. The van der Waals surface area contributed by atoms with Gasteiger partial charge < -0.3 is 15.1 Å². The summed E-state index contributed by atoms with van der Waals surface area (Å²) in [5.41, 5.74) is 1.27. The molecule has 1 atom stereocenters. The van der Waals surface area contributed by atoms with E-state index in [0.717, 1.165) is 19.5 Å². The van der Waals surface area contributed by atoms with E-state index in [0.29, 0.717) is 27.2 Å². The molecular weight excluding hydrogens is 358 g/mol.